The molecule has 0 aliphatic heterocycles. The molecule has 0 aliphatic rings. The van der Waals surface area contributed by atoms with Crippen LogP contribution in [-0.2, 0) is 0 Å². The van der Waals surface area contributed by atoms with Crippen LogP contribution in [0.1, 0.15) is 0 Å². The molecule has 3 nitrogen and oxygen atoms in total. The van der Waals surface area contributed by atoms with Crippen LogP contribution in [-0.4, -0.2) is 9.38 Å². The fourth-order valence-electron chi connectivity index (χ4n) is 0.965. The van der Waals surface area contributed by atoms with E-state index in [-0.39, 0.29) is 0 Å². The normalized spacial score (nSPS) is 10.6. The molecule has 0 amide bonds. The van der Waals surface area contributed by atoms with Crippen LogP contribution < -0.4 is 5.73 Å². The van der Waals surface area contributed by atoms with Gasteiger partial charge in [-0.3, -0.25) is 4.40 Å². The number of nitrogens with two attached hydrogens (primary N) is 1. The van der Waals surface area contributed by atoms with Gasteiger partial charge in [-0.1, -0.05) is 0 Å². The number of halogens is 1. The summed E-state index contributed by atoms with van der Waals surface area (Å²) in [5.41, 5.74) is 7.22. The largest absolute Gasteiger partial charge is 0.399 e. The minimum absolute atomic E-state index is 0.750. The second-order valence-electron chi connectivity index (χ2n) is 2.27. The zero-order valence-electron chi connectivity index (χ0n) is 5.66. The Hall–Kier alpha value is -0.780. The first kappa shape index (κ1) is 6.90. The first-order valence-corrected chi connectivity index (χ1v) is 4.23. The Morgan fingerprint density at radius 2 is 2.36 bits per heavy atom. The van der Waals surface area contributed by atoms with Crippen LogP contribution in [0, 0.1) is 3.70 Å². The SMILES string of the molecule is Nc1ccn2c(I)cnc2c1. The molecule has 0 atom stereocenters. The number of fused-ring (bicyclic) bond motifs is 1. The van der Waals surface area contributed by atoms with Crippen molar-refractivity contribution in [1.29, 1.82) is 0 Å². The fraction of sp³-hybridized carbons (Fsp3) is 0. The number of aromatic nitrogens is 2. The summed E-state index contributed by atoms with van der Waals surface area (Å²) in [5.74, 6) is 0. The summed E-state index contributed by atoms with van der Waals surface area (Å²) in [4.78, 5) is 4.15. The lowest BCUT2D eigenvalue weighted by Gasteiger charge is -1.95. The van der Waals surface area contributed by atoms with Gasteiger partial charge in [-0.25, -0.2) is 4.98 Å². The van der Waals surface area contributed by atoms with Crippen LogP contribution in [0.15, 0.2) is 24.5 Å². The molecule has 2 aromatic heterocycles. The third kappa shape index (κ3) is 1.07. The number of nitrogen functional groups attached to an aromatic ring is 1. The monoisotopic (exact) mass is 259 g/mol. The van der Waals surface area contributed by atoms with Crippen molar-refractivity contribution in [2.24, 2.45) is 0 Å². The van der Waals surface area contributed by atoms with Gasteiger partial charge in [0.1, 0.15) is 9.35 Å². The zero-order valence-corrected chi connectivity index (χ0v) is 7.82. The minimum atomic E-state index is 0.750. The Morgan fingerprint density at radius 1 is 1.55 bits per heavy atom. The Morgan fingerprint density at radius 3 is 3.18 bits per heavy atom. The number of imidazole rings is 1. The highest BCUT2D eigenvalue weighted by Crippen LogP contribution is 2.11. The standard InChI is InChI=1S/C7H6IN3/c8-6-4-10-7-3-5(9)1-2-11(6)7/h1-4H,9H2. The average Bonchev–Trinajstić information content (AvgIpc) is 2.32. The number of anilines is 1. The van der Waals surface area contributed by atoms with Gasteiger partial charge in [0.05, 0.1) is 6.20 Å². The van der Waals surface area contributed by atoms with Crippen molar-refractivity contribution in [3.05, 3.63) is 28.2 Å². The van der Waals surface area contributed by atoms with Gasteiger partial charge in [0.25, 0.3) is 0 Å². The van der Waals surface area contributed by atoms with Crippen LogP contribution >= 0.6 is 22.6 Å². The van der Waals surface area contributed by atoms with Crippen molar-refractivity contribution >= 4 is 33.9 Å². The van der Waals surface area contributed by atoms with E-state index in [1.165, 1.54) is 0 Å². The van der Waals surface area contributed by atoms with E-state index >= 15 is 0 Å². The second kappa shape index (κ2) is 2.37. The first-order valence-electron chi connectivity index (χ1n) is 3.15. The van der Waals surface area contributed by atoms with Gasteiger partial charge in [-0.2, -0.15) is 0 Å². The maximum Gasteiger partial charge on any atom is 0.139 e. The Balaban J connectivity index is 2.86. The molecule has 0 radical (unpaired) electrons. The fourth-order valence-corrected chi connectivity index (χ4v) is 1.51. The Kier molecular flexibility index (Phi) is 1.49. The summed E-state index contributed by atoms with van der Waals surface area (Å²) in [7, 11) is 0. The lowest BCUT2D eigenvalue weighted by Crippen LogP contribution is -1.89. The van der Waals surface area contributed by atoms with Gasteiger partial charge in [0.15, 0.2) is 0 Å². The van der Waals surface area contributed by atoms with Crippen molar-refractivity contribution in [3.63, 3.8) is 0 Å². The van der Waals surface area contributed by atoms with Crippen molar-refractivity contribution < 1.29 is 0 Å². The predicted octanol–water partition coefficient (Wildman–Crippen LogP) is 1.52. The molecule has 2 aromatic rings. The third-order valence-corrected chi connectivity index (χ3v) is 2.29. The molecule has 0 fully saturated rings. The molecule has 0 spiro atoms. The van der Waals surface area contributed by atoms with E-state index in [4.69, 9.17) is 5.73 Å². The van der Waals surface area contributed by atoms with E-state index < -0.39 is 0 Å². The van der Waals surface area contributed by atoms with Gasteiger partial charge in [0.2, 0.25) is 0 Å². The second-order valence-corrected chi connectivity index (χ2v) is 3.37. The van der Waals surface area contributed by atoms with E-state index in [9.17, 15) is 0 Å². The maximum atomic E-state index is 5.58. The minimum Gasteiger partial charge on any atom is -0.399 e. The van der Waals surface area contributed by atoms with Crippen molar-refractivity contribution in [1.82, 2.24) is 9.38 Å². The molecular formula is C7H6IN3. The molecule has 0 saturated heterocycles. The van der Waals surface area contributed by atoms with Crippen molar-refractivity contribution in [3.8, 4) is 0 Å². The summed E-state index contributed by atoms with van der Waals surface area (Å²) in [6, 6.07) is 3.71. The summed E-state index contributed by atoms with van der Waals surface area (Å²) >= 11 is 2.22. The highest BCUT2D eigenvalue weighted by atomic mass is 127. The topological polar surface area (TPSA) is 43.3 Å². The van der Waals surface area contributed by atoms with E-state index in [0.717, 1.165) is 15.0 Å². The molecule has 0 aromatic carbocycles. The summed E-state index contributed by atoms with van der Waals surface area (Å²) in [6.45, 7) is 0. The zero-order chi connectivity index (χ0) is 7.84. The quantitative estimate of drug-likeness (QED) is 0.729. The third-order valence-electron chi connectivity index (χ3n) is 1.49. The number of pyridine rings is 1. The number of nitrogens with zero attached hydrogens (tertiary/aromatic N) is 2. The van der Waals surface area contributed by atoms with E-state index in [0.29, 0.717) is 0 Å². The van der Waals surface area contributed by atoms with E-state index in [1.807, 2.05) is 28.9 Å². The highest BCUT2D eigenvalue weighted by Gasteiger charge is 1.97. The van der Waals surface area contributed by atoms with Crippen LogP contribution in [0.5, 0.6) is 0 Å². The molecule has 56 valence electrons. The van der Waals surface area contributed by atoms with Gasteiger partial charge in [0, 0.05) is 18.0 Å². The van der Waals surface area contributed by atoms with Crippen LogP contribution in [0.3, 0.4) is 0 Å². The summed E-state index contributed by atoms with van der Waals surface area (Å²) < 4.78 is 3.08. The Bertz CT molecular complexity index is 393. The van der Waals surface area contributed by atoms with E-state index in [1.54, 1.807) is 0 Å². The van der Waals surface area contributed by atoms with Gasteiger partial charge < -0.3 is 5.73 Å². The number of hydrogen-bond donors (Lipinski definition) is 1. The molecule has 0 aliphatic carbocycles. The molecule has 11 heavy (non-hydrogen) atoms. The van der Waals surface area contributed by atoms with E-state index in [2.05, 4.69) is 27.6 Å². The van der Waals surface area contributed by atoms with Gasteiger partial charge in [-0.15, -0.1) is 0 Å². The molecule has 0 saturated carbocycles. The van der Waals surface area contributed by atoms with Crippen LogP contribution in [0.4, 0.5) is 5.69 Å². The summed E-state index contributed by atoms with van der Waals surface area (Å²) in [6.07, 6.45) is 3.73. The molecule has 0 bridgehead atoms. The van der Waals surface area contributed by atoms with Crippen molar-refractivity contribution in [2.45, 2.75) is 0 Å². The lowest BCUT2D eigenvalue weighted by molar-refractivity contribution is 1.15. The average molecular weight is 259 g/mol. The van der Waals surface area contributed by atoms with Crippen LogP contribution in [0.2, 0.25) is 0 Å². The maximum absolute atomic E-state index is 5.58. The first-order chi connectivity index (χ1) is 5.27. The summed E-state index contributed by atoms with van der Waals surface area (Å²) in [5, 5.41) is 0. The lowest BCUT2D eigenvalue weighted by atomic mass is 10.4. The molecule has 0 unspecified atom stereocenters. The molecular weight excluding hydrogens is 253 g/mol. The van der Waals surface area contributed by atoms with Gasteiger partial charge >= 0.3 is 0 Å². The smallest absolute Gasteiger partial charge is 0.139 e. The predicted molar refractivity (Wildman–Crippen MR) is 52.3 cm³/mol. The molecule has 2 N–H and O–H groups in total. The van der Waals surface area contributed by atoms with Crippen LogP contribution in [0.25, 0.3) is 5.65 Å². The highest BCUT2D eigenvalue weighted by molar-refractivity contribution is 14.1. The molecule has 4 heteroatoms. The molecule has 2 rings (SSSR count). The number of hydrogen-bond acceptors (Lipinski definition) is 2. The Labute approximate surface area is 77.4 Å². The van der Waals surface area contributed by atoms with Gasteiger partial charge in [-0.05, 0) is 28.7 Å². The number of rotatable bonds is 0. The van der Waals surface area contributed by atoms with Crippen molar-refractivity contribution in [2.75, 3.05) is 5.73 Å². The molecule has 2 heterocycles.